The van der Waals surface area contributed by atoms with Crippen LogP contribution >= 0.6 is 0 Å². The second-order valence-electron chi connectivity index (χ2n) is 5.76. The molecule has 0 spiro atoms. The summed E-state index contributed by atoms with van der Waals surface area (Å²) in [5.41, 5.74) is 6.37. The van der Waals surface area contributed by atoms with Gasteiger partial charge in [0, 0.05) is 6.42 Å². The molecule has 3 rings (SSSR count). The van der Waals surface area contributed by atoms with Crippen molar-refractivity contribution in [2.75, 3.05) is 0 Å². The van der Waals surface area contributed by atoms with Crippen molar-refractivity contribution in [3.05, 3.63) is 95.3 Å². The smallest absolute Gasteiger partial charge is 0.237 e. The maximum absolute atomic E-state index is 13.5. The number of allylic oxidation sites excluding steroid dienone is 3. The molecule has 0 saturated carbocycles. The van der Waals surface area contributed by atoms with Gasteiger partial charge in [0.2, 0.25) is 5.91 Å². The van der Waals surface area contributed by atoms with E-state index >= 15 is 0 Å². The first-order valence-corrected chi connectivity index (χ1v) is 7.69. The Bertz CT molecular complexity index is 796. The quantitative estimate of drug-likeness (QED) is 0.912. The van der Waals surface area contributed by atoms with Crippen molar-refractivity contribution in [3.63, 3.8) is 0 Å². The van der Waals surface area contributed by atoms with Gasteiger partial charge in [0.05, 0.1) is 0 Å². The molecule has 1 amide bonds. The van der Waals surface area contributed by atoms with Crippen LogP contribution in [0.4, 0.5) is 8.78 Å². The minimum Gasteiger partial charge on any atom is -0.368 e. The standard InChI is InChI=1S/C20H17F2NO/c21-17-10-6-15(7-11-17)20(19(23)24,14-4-2-1-3-5-14)16-8-12-18(22)13-9-16/h1-12,18H,13H2,(H2,23,24). The van der Waals surface area contributed by atoms with E-state index in [1.54, 1.807) is 36.4 Å². The van der Waals surface area contributed by atoms with Crippen LogP contribution in [0.5, 0.6) is 0 Å². The van der Waals surface area contributed by atoms with Crippen molar-refractivity contribution < 1.29 is 13.6 Å². The molecule has 0 radical (unpaired) electrons. The van der Waals surface area contributed by atoms with Crippen LogP contribution in [0, 0.1) is 5.82 Å². The van der Waals surface area contributed by atoms with E-state index in [0.29, 0.717) is 16.7 Å². The first kappa shape index (κ1) is 16.1. The van der Waals surface area contributed by atoms with Gasteiger partial charge in [-0.05, 0) is 28.8 Å². The number of nitrogens with two attached hydrogens (primary N) is 1. The average Bonchev–Trinajstić information content (AvgIpc) is 2.59. The molecule has 2 atom stereocenters. The molecular weight excluding hydrogens is 308 g/mol. The maximum atomic E-state index is 13.5. The Labute approximate surface area is 139 Å². The van der Waals surface area contributed by atoms with Crippen LogP contribution in [0.2, 0.25) is 0 Å². The molecule has 2 unspecified atom stereocenters. The molecule has 4 heteroatoms. The minimum atomic E-state index is -1.29. The molecule has 2 aromatic carbocycles. The Balaban J connectivity index is 2.28. The van der Waals surface area contributed by atoms with E-state index in [9.17, 15) is 13.6 Å². The Morgan fingerprint density at radius 3 is 2.21 bits per heavy atom. The fraction of sp³-hybridized carbons (Fsp3) is 0.150. The van der Waals surface area contributed by atoms with Crippen LogP contribution in [-0.2, 0) is 10.2 Å². The average molecular weight is 325 g/mol. The molecule has 0 fully saturated rings. The predicted octanol–water partition coefficient (Wildman–Crippen LogP) is 3.82. The zero-order chi connectivity index (χ0) is 17.2. The SMILES string of the molecule is NC(=O)C(C1=CCC(F)C=C1)(c1ccccc1)c1ccc(F)cc1. The van der Waals surface area contributed by atoms with Gasteiger partial charge in [-0.1, -0.05) is 60.7 Å². The molecule has 2 N–H and O–H groups in total. The number of halogens is 2. The first-order valence-electron chi connectivity index (χ1n) is 7.69. The van der Waals surface area contributed by atoms with E-state index in [2.05, 4.69) is 0 Å². The zero-order valence-corrected chi connectivity index (χ0v) is 13.0. The monoisotopic (exact) mass is 325 g/mol. The van der Waals surface area contributed by atoms with Crippen LogP contribution in [0.25, 0.3) is 0 Å². The van der Waals surface area contributed by atoms with Gasteiger partial charge in [0.25, 0.3) is 0 Å². The number of hydrogen-bond acceptors (Lipinski definition) is 1. The normalized spacial score (nSPS) is 19.4. The molecule has 122 valence electrons. The summed E-state index contributed by atoms with van der Waals surface area (Å²) < 4.78 is 26.9. The summed E-state index contributed by atoms with van der Waals surface area (Å²) in [6.45, 7) is 0. The van der Waals surface area contributed by atoms with Gasteiger partial charge < -0.3 is 5.73 Å². The summed E-state index contributed by atoms with van der Waals surface area (Å²) >= 11 is 0. The predicted molar refractivity (Wildman–Crippen MR) is 89.6 cm³/mol. The van der Waals surface area contributed by atoms with Crippen LogP contribution in [0.3, 0.4) is 0 Å². The summed E-state index contributed by atoms with van der Waals surface area (Å²) in [5, 5.41) is 0. The van der Waals surface area contributed by atoms with Crippen LogP contribution in [0.1, 0.15) is 17.5 Å². The molecule has 0 saturated heterocycles. The molecule has 0 aromatic heterocycles. The molecule has 0 heterocycles. The zero-order valence-electron chi connectivity index (χ0n) is 13.0. The third-order valence-corrected chi connectivity index (χ3v) is 4.33. The second kappa shape index (κ2) is 6.40. The number of amides is 1. The highest BCUT2D eigenvalue weighted by Gasteiger charge is 2.43. The largest absolute Gasteiger partial charge is 0.368 e. The van der Waals surface area contributed by atoms with Crippen molar-refractivity contribution in [3.8, 4) is 0 Å². The number of carbonyl (C=O) groups excluding carboxylic acids is 1. The molecule has 24 heavy (non-hydrogen) atoms. The lowest BCUT2D eigenvalue weighted by atomic mass is 9.67. The Kier molecular flexibility index (Phi) is 4.30. The summed E-state index contributed by atoms with van der Waals surface area (Å²) in [4.78, 5) is 12.6. The molecule has 0 bridgehead atoms. The van der Waals surface area contributed by atoms with Gasteiger partial charge in [0.1, 0.15) is 17.4 Å². The highest BCUT2D eigenvalue weighted by molar-refractivity contribution is 5.95. The van der Waals surface area contributed by atoms with Gasteiger partial charge in [-0.15, -0.1) is 0 Å². The Morgan fingerprint density at radius 2 is 1.67 bits per heavy atom. The van der Waals surface area contributed by atoms with Crippen molar-refractivity contribution in [1.29, 1.82) is 0 Å². The van der Waals surface area contributed by atoms with Gasteiger partial charge in [0.15, 0.2) is 0 Å². The minimum absolute atomic E-state index is 0.175. The van der Waals surface area contributed by atoms with Crippen LogP contribution in [0.15, 0.2) is 78.4 Å². The number of primary amides is 1. The molecule has 2 nitrogen and oxygen atoms in total. The lowest BCUT2D eigenvalue weighted by Crippen LogP contribution is -2.44. The van der Waals surface area contributed by atoms with Crippen molar-refractivity contribution in [2.45, 2.75) is 18.0 Å². The summed E-state index contributed by atoms with van der Waals surface area (Å²) in [5.74, 6) is -0.990. The highest BCUT2D eigenvalue weighted by atomic mass is 19.1. The summed E-state index contributed by atoms with van der Waals surface area (Å²) in [7, 11) is 0. The molecule has 2 aromatic rings. The fourth-order valence-electron chi connectivity index (χ4n) is 3.19. The van der Waals surface area contributed by atoms with Gasteiger partial charge in [-0.3, -0.25) is 4.79 Å². The summed E-state index contributed by atoms with van der Waals surface area (Å²) in [6.07, 6.45) is 3.79. The van der Waals surface area contributed by atoms with Crippen LogP contribution < -0.4 is 5.73 Å². The van der Waals surface area contributed by atoms with E-state index in [-0.39, 0.29) is 6.42 Å². The fourth-order valence-corrected chi connectivity index (χ4v) is 3.19. The van der Waals surface area contributed by atoms with E-state index < -0.39 is 23.3 Å². The lowest BCUT2D eigenvalue weighted by molar-refractivity contribution is -0.121. The van der Waals surface area contributed by atoms with E-state index in [4.69, 9.17) is 5.73 Å². The topological polar surface area (TPSA) is 43.1 Å². The first-order chi connectivity index (χ1) is 11.5. The van der Waals surface area contributed by atoms with E-state index in [1.807, 2.05) is 18.2 Å². The van der Waals surface area contributed by atoms with Crippen LogP contribution in [-0.4, -0.2) is 12.1 Å². The molecule has 1 aliphatic carbocycles. The van der Waals surface area contributed by atoms with Crippen molar-refractivity contribution in [1.82, 2.24) is 0 Å². The maximum Gasteiger partial charge on any atom is 0.237 e. The third-order valence-electron chi connectivity index (χ3n) is 4.33. The number of benzene rings is 2. The lowest BCUT2D eigenvalue weighted by Gasteiger charge is -2.34. The van der Waals surface area contributed by atoms with Gasteiger partial charge >= 0.3 is 0 Å². The number of hydrogen-bond donors (Lipinski definition) is 1. The second-order valence-corrected chi connectivity index (χ2v) is 5.76. The van der Waals surface area contributed by atoms with E-state index in [1.165, 1.54) is 18.2 Å². The molecule has 1 aliphatic rings. The van der Waals surface area contributed by atoms with Gasteiger partial charge in [-0.2, -0.15) is 0 Å². The third kappa shape index (κ3) is 2.64. The molecular formula is C20H17F2NO. The van der Waals surface area contributed by atoms with Crippen molar-refractivity contribution >= 4 is 5.91 Å². The number of rotatable bonds is 4. The Hall–Kier alpha value is -2.75. The highest BCUT2D eigenvalue weighted by Crippen LogP contribution is 2.41. The Morgan fingerprint density at radius 1 is 1.04 bits per heavy atom. The summed E-state index contributed by atoms with van der Waals surface area (Å²) in [6, 6.07) is 14.7. The van der Waals surface area contributed by atoms with Gasteiger partial charge in [-0.25, -0.2) is 8.78 Å². The number of carbonyl (C=O) groups is 1. The van der Waals surface area contributed by atoms with E-state index in [0.717, 1.165) is 0 Å². The number of alkyl halides is 1. The molecule has 0 aliphatic heterocycles. The van der Waals surface area contributed by atoms with Crippen molar-refractivity contribution in [2.24, 2.45) is 5.73 Å².